The van der Waals surface area contributed by atoms with Gasteiger partial charge in [0.05, 0.1) is 31.8 Å². The number of ether oxygens (including phenoxy) is 2. The third kappa shape index (κ3) is 7.96. The molecule has 6 nitrogen and oxygen atoms in total. The van der Waals surface area contributed by atoms with Gasteiger partial charge in [0.1, 0.15) is 5.82 Å². The van der Waals surface area contributed by atoms with Crippen molar-refractivity contribution in [3.8, 4) is 11.1 Å². The molecule has 0 saturated heterocycles. The second-order valence-corrected chi connectivity index (χ2v) is 7.53. The van der Waals surface area contributed by atoms with Gasteiger partial charge in [-0.05, 0) is 55.0 Å². The fourth-order valence-electron chi connectivity index (χ4n) is 3.30. The van der Waals surface area contributed by atoms with Crippen molar-refractivity contribution in [3.63, 3.8) is 0 Å². The van der Waals surface area contributed by atoms with E-state index in [1.165, 1.54) is 12.1 Å². The first kappa shape index (κ1) is 25.3. The summed E-state index contributed by atoms with van der Waals surface area (Å²) in [4.78, 5) is 24.3. The van der Waals surface area contributed by atoms with Crippen molar-refractivity contribution in [2.24, 2.45) is 5.92 Å². The Kier molecular flexibility index (Phi) is 10.7. The van der Waals surface area contributed by atoms with Crippen LogP contribution in [0.3, 0.4) is 0 Å². The third-order valence-corrected chi connectivity index (χ3v) is 5.14. The van der Waals surface area contributed by atoms with Crippen LogP contribution in [0.1, 0.15) is 51.1 Å². The predicted molar refractivity (Wildman–Crippen MR) is 120 cm³/mol. The molecule has 2 rings (SSSR count). The summed E-state index contributed by atoms with van der Waals surface area (Å²) in [6, 6.07) is 13.3. The predicted octanol–water partition coefficient (Wildman–Crippen LogP) is 5.01. The number of halogens is 1. The van der Waals surface area contributed by atoms with Gasteiger partial charge in [0.15, 0.2) is 0 Å². The summed E-state index contributed by atoms with van der Waals surface area (Å²) in [6.45, 7) is 3.96. The quantitative estimate of drug-likeness (QED) is 0.354. The van der Waals surface area contributed by atoms with E-state index >= 15 is 0 Å². The maximum absolute atomic E-state index is 13.5. The van der Waals surface area contributed by atoms with Crippen LogP contribution in [-0.2, 0) is 14.3 Å². The molecule has 0 radical (unpaired) electrons. The minimum absolute atomic E-state index is 0.238. The Morgan fingerprint density at radius 2 is 1.78 bits per heavy atom. The average molecular weight is 446 g/mol. The number of unbranched alkanes of at least 4 members (excludes halogenated alkanes) is 1. The zero-order chi connectivity index (χ0) is 23.3. The monoisotopic (exact) mass is 445 g/mol. The van der Waals surface area contributed by atoms with Crippen LogP contribution in [0.2, 0.25) is 0 Å². The molecule has 0 saturated carbocycles. The van der Waals surface area contributed by atoms with Crippen LogP contribution in [-0.4, -0.2) is 37.0 Å². The molecule has 0 fully saturated rings. The van der Waals surface area contributed by atoms with Crippen LogP contribution in [0.25, 0.3) is 11.1 Å². The SMILES string of the molecule is CCCCOC(=O)NC(CCC(CO)C(=O)OCC)c1ccc(-c2cccc(F)c2)cc1. The fraction of sp³-hybridized carbons (Fsp3) is 0.440. The van der Waals surface area contributed by atoms with Crippen molar-refractivity contribution < 1.29 is 28.6 Å². The summed E-state index contributed by atoms with van der Waals surface area (Å²) in [5.41, 5.74) is 2.41. The van der Waals surface area contributed by atoms with Crippen molar-refractivity contribution >= 4 is 12.1 Å². The molecule has 32 heavy (non-hydrogen) atoms. The highest BCUT2D eigenvalue weighted by Crippen LogP contribution is 2.26. The van der Waals surface area contributed by atoms with Gasteiger partial charge in [-0.2, -0.15) is 0 Å². The number of esters is 1. The lowest BCUT2D eigenvalue weighted by atomic mass is 9.94. The number of nitrogens with one attached hydrogen (secondary N) is 1. The number of alkyl carbamates (subject to hydrolysis) is 1. The first-order valence-electron chi connectivity index (χ1n) is 11.0. The largest absolute Gasteiger partial charge is 0.466 e. The standard InChI is InChI=1S/C25H32FNO5/c1-3-5-15-32-25(30)27-23(14-13-21(17-28)24(29)31-4-2)19-11-9-18(10-12-19)20-7-6-8-22(26)16-20/h6-12,16,21,23,28H,3-5,13-15,17H2,1-2H3,(H,27,30). The fourth-order valence-corrected chi connectivity index (χ4v) is 3.30. The van der Waals surface area contributed by atoms with Gasteiger partial charge in [0.25, 0.3) is 0 Å². The van der Waals surface area contributed by atoms with Crippen LogP contribution < -0.4 is 5.32 Å². The summed E-state index contributed by atoms with van der Waals surface area (Å²) < 4.78 is 23.8. The molecule has 1 amide bonds. The van der Waals surface area contributed by atoms with Gasteiger partial charge in [0.2, 0.25) is 0 Å². The minimum Gasteiger partial charge on any atom is -0.466 e. The van der Waals surface area contributed by atoms with Crippen LogP contribution in [0.5, 0.6) is 0 Å². The molecule has 0 aliphatic carbocycles. The molecule has 0 aliphatic heterocycles. The van der Waals surface area contributed by atoms with E-state index in [1.54, 1.807) is 13.0 Å². The van der Waals surface area contributed by atoms with Crippen molar-refractivity contribution in [1.29, 1.82) is 0 Å². The number of benzene rings is 2. The van der Waals surface area contributed by atoms with E-state index in [0.717, 1.165) is 29.5 Å². The molecule has 0 heterocycles. The van der Waals surface area contributed by atoms with Crippen LogP contribution in [0, 0.1) is 11.7 Å². The number of hydrogen-bond donors (Lipinski definition) is 2. The van der Waals surface area contributed by atoms with Crippen molar-refractivity contribution in [2.75, 3.05) is 19.8 Å². The molecule has 2 aromatic rings. The van der Waals surface area contributed by atoms with E-state index < -0.39 is 24.0 Å². The van der Waals surface area contributed by atoms with E-state index in [4.69, 9.17) is 9.47 Å². The Hall–Kier alpha value is -2.93. The van der Waals surface area contributed by atoms with E-state index in [0.29, 0.717) is 19.4 Å². The van der Waals surface area contributed by atoms with Gasteiger partial charge < -0.3 is 19.9 Å². The summed E-state index contributed by atoms with van der Waals surface area (Å²) in [5, 5.41) is 12.4. The highest BCUT2D eigenvalue weighted by molar-refractivity contribution is 5.72. The zero-order valence-electron chi connectivity index (χ0n) is 18.7. The molecule has 2 atom stereocenters. The van der Waals surface area contributed by atoms with Crippen LogP contribution in [0.15, 0.2) is 48.5 Å². The maximum Gasteiger partial charge on any atom is 0.407 e. The van der Waals surface area contributed by atoms with Crippen LogP contribution >= 0.6 is 0 Å². The molecule has 2 unspecified atom stereocenters. The number of aliphatic hydroxyl groups is 1. The number of carbonyl (C=O) groups excluding carboxylic acids is 2. The smallest absolute Gasteiger partial charge is 0.407 e. The van der Waals surface area contributed by atoms with E-state index in [2.05, 4.69) is 5.32 Å². The molecule has 7 heteroatoms. The van der Waals surface area contributed by atoms with Crippen molar-refractivity contribution in [1.82, 2.24) is 5.32 Å². The number of rotatable bonds is 12. The Morgan fingerprint density at radius 3 is 2.41 bits per heavy atom. The Bertz CT molecular complexity index is 856. The van der Waals surface area contributed by atoms with Crippen molar-refractivity contribution in [3.05, 3.63) is 59.9 Å². The molecule has 2 aromatic carbocycles. The lowest BCUT2D eigenvalue weighted by Gasteiger charge is -2.21. The molecule has 0 spiro atoms. The molecule has 0 aromatic heterocycles. The lowest BCUT2D eigenvalue weighted by Crippen LogP contribution is -2.31. The summed E-state index contributed by atoms with van der Waals surface area (Å²) >= 11 is 0. The number of amides is 1. The second kappa shape index (κ2) is 13.5. The van der Waals surface area contributed by atoms with E-state index in [9.17, 15) is 19.1 Å². The third-order valence-electron chi connectivity index (χ3n) is 5.14. The van der Waals surface area contributed by atoms with Crippen molar-refractivity contribution in [2.45, 2.75) is 45.6 Å². The molecule has 0 bridgehead atoms. The molecular formula is C25H32FNO5. The Labute approximate surface area is 188 Å². The van der Waals surface area contributed by atoms with E-state index in [1.807, 2.05) is 37.3 Å². The second-order valence-electron chi connectivity index (χ2n) is 7.53. The van der Waals surface area contributed by atoms with E-state index in [-0.39, 0.29) is 19.0 Å². The van der Waals surface area contributed by atoms with Gasteiger partial charge in [-0.1, -0.05) is 49.7 Å². The highest BCUT2D eigenvalue weighted by Gasteiger charge is 2.23. The number of aliphatic hydroxyl groups excluding tert-OH is 1. The molecular weight excluding hydrogens is 413 g/mol. The molecule has 174 valence electrons. The molecule has 0 aliphatic rings. The molecule has 2 N–H and O–H groups in total. The van der Waals surface area contributed by atoms with Gasteiger partial charge >= 0.3 is 12.1 Å². The first-order chi connectivity index (χ1) is 15.5. The lowest BCUT2D eigenvalue weighted by molar-refractivity contribution is -0.149. The van der Waals surface area contributed by atoms with Crippen LogP contribution in [0.4, 0.5) is 9.18 Å². The van der Waals surface area contributed by atoms with Gasteiger partial charge in [-0.15, -0.1) is 0 Å². The highest BCUT2D eigenvalue weighted by atomic mass is 19.1. The average Bonchev–Trinajstić information content (AvgIpc) is 2.79. The van der Waals surface area contributed by atoms with Gasteiger partial charge in [-0.25, -0.2) is 9.18 Å². The summed E-state index contributed by atoms with van der Waals surface area (Å²) in [5.74, 6) is -1.43. The zero-order valence-corrected chi connectivity index (χ0v) is 18.7. The minimum atomic E-state index is -0.665. The Balaban J connectivity index is 2.15. The summed E-state index contributed by atoms with van der Waals surface area (Å²) in [7, 11) is 0. The Morgan fingerprint density at radius 1 is 1.03 bits per heavy atom. The van der Waals surface area contributed by atoms with Gasteiger partial charge in [-0.3, -0.25) is 4.79 Å². The number of carbonyl (C=O) groups is 2. The maximum atomic E-state index is 13.5. The topological polar surface area (TPSA) is 84.9 Å². The summed E-state index contributed by atoms with van der Waals surface area (Å²) in [6.07, 6.45) is 1.90. The van der Waals surface area contributed by atoms with Gasteiger partial charge in [0, 0.05) is 0 Å². The normalized spacial score (nSPS) is 12.6. The number of hydrogen-bond acceptors (Lipinski definition) is 5. The first-order valence-corrected chi connectivity index (χ1v) is 11.0.